The lowest BCUT2D eigenvalue weighted by molar-refractivity contribution is 0.528. The van der Waals surface area contributed by atoms with Gasteiger partial charge in [-0.15, -0.1) is 12.3 Å². The maximum Gasteiger partial charge on any atom is 0.124 e. The molecule has 0 spiro atoms. The van der Waals surface area contributed by atoms with Gasteiger partial charge in [0.1, 0.15) is 5.82 Å². The van der Waals surface area contributed by atoms with Crippen molar-refractivity contribution in [2.45, 2.75) is 25.3 Å². The second-order valence-corrected chi connectivity index (χ2v) is 4.77. The third-order valence-corrected chi connectivity index (χ3v) is 3.43. The molecule has 1 aromatic carbocycles. The van der Waals surface area contributed by atoms with E-state index < -0.39 is 0 Å². The average Bonchev–Trinajstić information content (AvgIpc) is 2.26. The van der Waals surface area contributed by atoms with Crippen molar-refractivity contribution in [2.24, 2.45) is 0 Å². The Bertz CT molecular complexity index is 384. The summed E-state index contributed by atoms with van der Waals surface area (Å²) in [4.78, 5) is 0. The molecule has 1 unspecified atom stereocenters. The first-order valence-electron chi connectivity index (χ1n) is 5.24. The molecule has 16 heavy (non-hydrogen) atoms. The summed E-state index contributed by atoms with van der Waals surface area (Å²) >= 11 is 2.17. The van der Waals surface area contributed by atoms with Crippen molar-refractivity contribution in [3.8, 4) is 12.3 Å². The summed E-state index contributed by atoms with van der Waals surface area (Å²) in [6, 6.07) is 5.15. The van der Waals surface area contributed by atoms with Crippen LogP contribution in [0.15, 0.2) is 18.2 Å². The van der Waals surface area contributed by atoms with E-state index >= 15 is 0 Å². The van der Waals surface area contributed by atoms with Gasteiger partial charge in [-0.3, -0.25) is 0 Å². The van der Waals surface area contributed by atoms with Gasteiger partial charge < -0.3 is 5.32 Å². The molecule has 1 N–H and O–H groups in total. The van der Waals surface area contributed by atoms with Crippen LogP contribution in [0.1, 0.15) is 30.9 Å². The van der Waals surface area contributed by atoms with E-state index in [-0.39, 0.29) is 11.9 Å². The summed E-state index contributed by atoms with van der Waals surface area (Å²) in [6.45, 7) is 0. The Morgan fingerprint density at radius 3 is 2.88 bits per heavy atom. The SMILES string of the molecule is C#CCCCC(NC)c1ccc(F)cc1I. The summed E-state index contributed by atoms with van der Waals surface area (Å²) in [7, 11) is 1.92. The molecule has 0 radical (unpaired) electrons. The van der Waals surface area contributed by atoms with Crippen molar-refractivity contribution in [2.75, 3.05) is 7.05 Å². The minimum absolute atomic E-state index is 0.188. The molecule has 0 aliphatic heterocycles. The first-order valence-corrected chi connectivity index (χ1v) is 6.32. The molecule has 1 atom stereocenters. The Kier molecular flexibility index (Phi) is 5.78. The predicted octanol–water partition coefficient (Wildman–Crippen LogP) is 3.49. The van der Waals surface area contributed by atoms with Gasteiger partial charge in [0.2, 0.25) is 0 Å². The van der Waals surface area contributed by atoms with Gasteiger partial charge in [0.15, 0.2) is 0 Å². The molecule has 0 saturated carbocycles. The van der Waals surface area contributed by atoms with Crippen molar-refractivity contribution in [3.05, 3.63) is 33.1 Å². The molecule has 0 aromatic heterocycles. The highest BCUT2D eigenvalue weighted by Crippen LogP contribution is 2.24. The van der Waals surface area contributed by atoms with Gasteiger partial charge >= 0.3 is 0 Å². The maximum absolute atomic E-state index is 13.0. The summed E-state index contributed by atoms with van der Waals surface area (Å²) in [5, 5.41) is 3.24. The molecule has 0 heterocycles. The smallest absolute Gasteiger partial charge is 0.124 e. The molecule has 3 heteroatoms. The fourth-order valence-corrected chi connectivity index (χ4v) is 2.50. The minimum atomic E-state index is -0.188. The normalized spacial score (nSPS) is 12.1. The molecule has 1 rings (SSSR count). The molecular weight excluding hydrogens is 316 g/mol. The van der Waals surface area contributed by atoms with Gasteiger partial charge in [-0.05, 0) is 60.2 Å². The first-order chi connectivity index (χ1) is 7.69. The van der Waals surface area contributed by atoms with E-state index in [0.29, 0.717) is 0 Å². The van der Waals surface area contributed by atoms with Gasteiger partial charge in [0, 0.05) is 16.0 Å². The van der Waals surface area contributed by atoms with Gasteiger partial charge in [0.25, 0.3) is 0 Å². The monoisotopic (exact) mass is 331 g/mol. The van der Waals surface area contributed by atoms with Crippen LogP contribution in [0, 0.1) is 21.7 Å². The molecule has 0 bridgehead atoms. The molecule has 0 aliphatic carbocycles. The highest BCUT2D eigenvalue weighted by molar-refractivity contribution is 14.1. The molecule has 0 saturated heterocycles. The molecule has 1 aromatic rings. The van der Waals surface area contributed by atoms with Gasteiger partial charge in [0.05, 0.1) is 0 Å². The lowest BCUT2D eigenvalue weighted by atomic mass is 10.0. The van der Waals surface area contributed by atoms with E-state index in [2.05, 4.69) is 33.8 Å². The minimum Gasteiger partial charge on any atom is -0.313 e. The number of terminal acetylenes is 1. The van der Waals surface area contributed by atoms with Gasteiger partial charge in [-0.2, -0.15) is 0 Å². The molecule has 0 amide bonds. The quantitative estimate of drug-likeness (QED) is 0.495. The Morgan fingerprint density at radius 2 is 2.31 bits per heavy atom. The van der Waals surface area contributed by atoms with Gasteiger partial charge in [-0.25, -0.2) is 4.39 Å². The molecule has 1 nitrogen and oxygen atoms in total. The fraction of sp³-hybridized carbons (Fsp3) is 0.385. The highest BCUT2D eigenvalue weighted by atomic mass is 127. The van der Waals surface area contributed by atoms with Crippen LogP contribution >= 0.6 is 22.6 Å². The highest BCUT2D eigenvalue weighted by Gasteiger charge is 2.12. The maximum atomic E-state index is 13.0. The van der Waals surface area contributed by atoms with Crippen LogP contribution in [0.4, 0.5) is 4.39 Å². The topological polar surface area (TPSA) is 12.0 Å². The average molecular weight is 331 g/mol. The lowest BCUT2D eigenvalue weighted by Crippen LogP contribution is -2.17. The Morgan fingerprint density at radius 1 is 1.56 bits per heavy atom. The predicted molar refractivity (Wildman–Crippen MR) is 73.6 cm³/mol. The Hall–Kier alpha value is -0.600. The number of rotatable bonds is 5. The van der Waals surface area contributed by atoms with E-state index in [0.717, 1.165) is 28.4 Å². The van der Waals surface area contributed by atoms with E-state index in [1.165, 1.54) is 6.07 Å². The van der Waals surface area contributed by atoms with Crippen LogP contribution in [0.5, 0.6) is 0 Å². The summed E-state index contributed by atoms with van der Waals surface area (Å²) in [5.74, 6) is 2.44. The molecule has 86 valence electrons. The zero-order valence-corrected chi connectivity index (χ0v) is 11.4. The third-order valence-electron chi connectivity index (χ3n) is 2.50. The first kappa shape index (κ1) is 13.5. The van der Waals surface area contributed by atoms with Crippen molar-refractivity contribution in [1.82, 2.24) is 5.32 Å². The second-order valence-electron chi connectivity index (χ2n) is 3.60. The van der Waals surface area contributed by atoms with Crippen molar-refractivity contribution >= 4 is 22.6 Å². The summed E-state index contributed by atoms with van der Waals surface area (Å²) < 4.78 is 13.9. The number of hydrogen-bond acceptors (Lipinski definition) is 1. The molecule has 0 fully saturated rings. The number of unbranched alkanes of at least 4 members (excludes halogenated alkanes) is 1. The van der Waals surface area contributed by atoms with Crippen molar-refractivity contribution in [3.63, 3.8) is 0 Å². The van der Waals surface area contributed by atoms with Crippen LogP contribution in [0.3, 0.4) is 0 Å². The Balaban J connectivity index is 2.75. The molecule has 0 aliphatic rings. The fourth-order valence-electron chi connectivity index (χ4n) is 1.65. The number of halogens is 2. The van der Waals surface area contributed by atoms with Crippen LogP contribution in [-0.2, 0) is 0 Å². The summed E-state index contributed by atoms with van der Waals surface area (Å²) in [6.07, 6.45) is 7.97. The molecular formula is C13H15FIN. The van der Waals surface area contributed by atoms with Gasteiger partial charge in [-0.1, -0.05) is 6.07 Å². The number of benzene rings is 1. The largest absolute Gasteiger partial charge is 0.313 e. The van der Waals surface area contributed by atoms with Crippen molar-refractivity contribution in [1.29, 1.82) is 0 Å². The standard InChI is InChI=1S/C13H15FIN/c1-3-4-5-6-13(16-2)11-8-7-10(14)9-12(11)15/h1,7-9,13,16H,4-6H2,2H3. The number of nitrogens with one attached hydrogen (secondary N) is 1. The zero-order chi connectivity index (χ0) is 12.0. The zero-order valence-electron chi connectivity index (χ0n) is 9.26. The lowest BCUT2D eigenvalue weighted by Gasteiger charge is -2.17. The Labute approximate surface area is 110 Å². The number of hydrogen-bond donors (Lipinski definition) is 1. The summed E-state index contributed by atoms with van der Waals surface area (Å²) in [5.41, 5.74) is 1.14. The van der Waals surface area contributed by atoms with Crippen LogP contribution in [-0.4, -0.2) is 7.05 Å². The third kappa shape index (κ3) is 3.76. The second kappa shape index (κ2) is 6.87. The van der Waals surface area contributed by atoms with E-state index in [4.69, 9.17) is 6.42 Å². The van der Waals surface area contributed by atoms with E-state index in [1.54, 1.807) is 6.07 Å². The van der Waals surface area contributed by atoms with Crippen molar-refractivity contribution < 1.29 is 4.39 Å². The van der Waals surface area contributed by atoms with Crippen LogP contribution in [0.25, 0.3) is 0 Å². The van der Waals surface area contributed by atoms with Crippen LogP contribution < -0.4 is 5.32 Å². The van der Waals surface area contributed by atoms with Crippen LogP contribution in [0.2, 0.25) is 0 Å². The van der Waals surface area contributed by atoms with E-state index in [1.807, 2.05) is 13.1 Å². The van der Waals surface area contributed by atoms with E-state index in [9.17, 15) is 4.39 Å².